The second-order valence-corrected chi connectivity index (χ2v) is 5.74. The largest absolute Gasteiger partial charge is 0.376 e. The van der Waals surface area contributed by atoms with E-state index in [1.165, 1.54) is 18.3 Å². The molecule has 1 aromatic heterocycles. The Labute approximate surface area is 138 Å². The van der Waals surface area contributed by atoms with Crippen molar-refractivity contribution in [3.05, 3.63) is 64.1 Å². The molecule has 6 nitrogen and oxygen atoms in total. The van der Waals surface area contributed by atoms with Gasteiger partial charge in [0.05, 0.1) is 12.3 Å². The maximum absolute atomic E-state index is 13.1. The minimum atomic E-state index is -0.365. The van der Waals surface area contributed by atoms with Crippen LogP contribution in [0.3, 0.4) is 0 Å². The van der Waals surface area contributed by atoms with Crippen LogP contribution in [0.5, 0.6) is 0 Å². The van der Waals surface area contributed by atoms with Crippen molar-refractivity contribution < 1.29 is 13.9 Å². The molecule has 1 aliphatic heterocycles. The molecule has 1 atom stereocenters. The first kappa shape index (κ1) is 16.3. The minimum absolute atomic E-state index is 0.0165. The third-order valence-corrected chi connectivity index (χ3v) is 3.91. The molecule has 0 bridgehead atoms. The lowest BCUT2D eigenvalue weighted by atomic mass is 10.1. The van der Waals surface area contributed by atoms with Crippen LogP contribution in [0.1, 0.15) is 28.9 Å². The summed E-state index contributed by atoms with van der Waals surface area (Å²) in [7, 11) is 0. The van der Waals surface area contributed by atoms with Crippen molar-refractivity contribution in [3.63, 3.8) is 0 Å². The van der Waals surface area contributed by atoms with Crippen LogP contribution in [0.2, 0.25) is 0 Å². The first-order chi connectivity index (χ1) is 11.6. The van der Waals surface area contributed by atoms with Gasteiger partial charge in [-0.2, -0.15) is 0 Å². The summed E-state index contributed by atoms with van der Waals surface area (Å²) in [5, 5.41) is 0. The van der Waals surface area contributed by atoms with Crippen LogP contribution < -0.4 is 5.56 Å². The standard InChI is InChI=1S/C17H18FN3O3/c18-13-5-3-12(4-6-13)10-21(11-14-2-1-7-24-14)17(23)15-8-20-16(22)9-19-15/h3-6,8-9,14H,1-2,7,10-11H2,(H,20,22)/t14-/m1/s1. The van der Waals surface area contributed by atoms with Gasteiger partial charge in [0.15, 0.2) is 0 Å². The molecule has 1 amide bonds. The van der Waals surface area contributed by atoms with E-state index in [-0.39, 0.29) is 29.1 Å². The van der Waals surface area contributed by atoms with Crippen LogP contribution in [-0.2, 0) is 11.3 Å². The van der Waals surface area contributed by atoms with E-state index >= 15 is 0 Å². The smallest absolute Gasteiger partial charge is 0.274 e. The van der Waals surface area contributed by atoms with Crippen molar-refractivity contribution in [1.29, 1.82) is 0 Å². The summed E-state index contributed by atoms with van der Waals surface area (Å²) >= 11 is 0. The monoisotopic (exact) mass is 331 g/mol. The lowest BCUT2D eigenvalue weighted by molar-refractivity contribution is 0.0502. The van der Waals surface area contributed by atoms with Gasteiger partial charge in [0.2, 0.25) is 0 Å². The van der Waals surface area contributed by atoms with Gasteiger partial charge in [-0.1, -0.05) is 12.1 Å². The Kier molecular flexibility index (Phi) is 5.00. The quantitative estimate of drug-likeness (QED) is 0.905. The van der Waals surface area contributed by atoms with Crippen molar-refractivity contribution in [1.82, 2.24) is 14.9 Å². The fourth-order valence-corrected chi connectivity index (χ4v) is 2.68. The van der Waals surface area contributed by atoms with Crippen molar-refractivity contribution in [3.8, 4) is 0 Å². The summed E-state index contributed by atoms with van der Waals surface area (Å²) in [5.74, 6) is -0.621. The van der Waals surface area contributed by atoms with Crippen LogP contribution in [0.15, 0.2) is 41.5 Å². The highest BCUT2D eigenvalue weighted by molar-refractivity contribution is 5.91. The van der Waals surface area contributed by atoms with Crippen molar-refractivity contribution in [2.45, 2.75) is 25.5 Å². The Bertz CT molecular complexity index is 734. The summed E-state index contributed by atoms with van der Waals surface area (Å²) in [4.78, 5) is 31.8. The second kappa shape index (κ2) is 7.35. The number of nitrogens with zero attached hydrogens (tertiary/aromatic N) is 2. The predicted molar refractivity (Wildman–Crippen MR) is 85.0 cm³/mol. The van der Waals surface area contributed by atoms with Gasteiger partial charge in [-0.05, 0) is 30.5 Å². The number of hydrogen-bond donors (Lipinski definition) is 1. The van der Waals surface area contributed by atoms with Gasteiger partial charge in [-0.25, -0.2) is 9.37 Å². The molecular formula is C17H18FN3O3. The maximum Gasteiger partial charge on any atom is 0.274 e. The number of amides is 1. The molecule has 0 unspecified atom stereocenters. The number of carbonyl (C=O) groups is 1. The number of benzene rings is 1. The molecule has 1 saturated heterocycles. The predicted octanol–water partition coefficient (Wildman–Crippen LogP) is 1.73. The number of halogens is 1. The first-order valence-electron chi connectivity index (χ1n) is 7.82. The molecule has 1 fully saturated rings. The SMILES string of the molecule is O=C(c1c[nH]c(=O)cn1)N(Cc1ccc(F)cc1)C[C@H]1CCCO1. The molecule has 3 rings (SSSR count). The topological polar surface area (TPSA) is 75.3 Å². The van der Waals surface area contributed by atoms with Gasteiger partial charge in [0.25, 0.3) is 11.5 Å². The fraction of sp³-hybridized carbons (Fsp3) is 0.353. The summed E-state index contributed by atoms with van der Waals surface area (Å²) in [6, 6.07) is 6.02. The van der Waals surface area contributed by atoms with Gasteiger partial charge in [0, 0.05) is 25.9 Å². The number of carbonyl (C=O) groups excluding carboxylic acids is 1. The van der Waals surface area contributed by atoms with Gasteiger partial charge >= 0.3 is 0 Å². The molecule has 1 aliphatic rings. The number of nitrogens with one attached hydrogen (secondary N) is 1. The Morgan fingerprint density at radius 3 is 2.79 bits per heavy atom. The van der Waals surface area contributed by atoms with Gasteiger partial charge in [-0.15, -0.1) is 0 Å². The molecule has 0 radical (unpaired) electrons. The average molecular weight is 331 g/mol. The van der Waals surface area contributed by atoms with Crippen LogP contribution in [-0.4, -0.2) is 40.0 Å². The Balaban J connectivity index is 1.79. The van der Waals surface area contributed by atoms with Gasteiger partial charge in [-0.3, -0.25) is 9.59 Å². The van der Waals surface area contributed by atoms with E-state index < -0.39 is 0 Å². The van der Waals surface area contributed by atoms with Crippen molar-refractivity contribution in [2.75, 3.05) is 13.2 Å². The van der Waals surface area contributed by atoms with E-state index in [0.717, 1.165) is 24.6 Å². The summed E-state index contributed by atoms with van der Waals surface area (Å²) in [6.45, 7) is 1.44. The van der Waals surface area contributed by atoms with E-state index in [4.69, 9.17) is 4.74 Å². The maximum atomic E-state index is 13.1. The number of aromatic amines is 1. The zero-order chi connectivity index (χ0) is 16.9. The zero-order valence-electron chi connectivity index (χ0n) is 13.1. The molecular weight excluding hydrogens is 313 g/mol. The van der Waals surface area contributed by atoms with Gasteiger partial charge in [0.1, 0.15) is 11.5 Å². The Hall–Kier alpha value is -2.54. The zero-order valence-corrected chi connectivity index (χ0v) is 13.1. The lowest BCUT2D eigenvalue weighted by Gasteiger charge is -2.25. The normalized spacial score (nSPS) is 17.0. The van der Waals surface area contributed by atoms with E-state index in [9.17, 15) is 14.0 Å². The first-order valence-corrected chi connectivity index (χ1v) is 7.82. The van der Waals surface area contributed by atoms with E-state index in [1.807, 2.05) is 0 Å². The molecule has 0 aliphatic carbocycles. The Morgan fingerprint density at radius 2 is 2.17 bits per heavy atom. The summed E-state index contributed by atoms with van der Waals surface area (Å²) in [6.07, 6.45) is 4.23. The molecule has 2 heterocycles. The highest BCUT2D eigenvalue weighted by atomic mass is 19.1. The summed E-state index contributed by atoms with van der Waals surface area (Å²) in [5.41, 5.74) is 0.609. The third-order valence-electron chi connectivity index (χ3n) is 3.91. The van der Waals surface area contributed by atoms with Crippen LogP contribution in [0.4, 0.5) is 4.39 Å². The fourth-order valence-electron chi connectivity index (χ4n) is 2.68. The average Bonchev–Trinajstić information content (AvgIpc) is 3.09. The second-order valence-electron chi connectivity index (χ2n) is 5.74. The van der Waals surface area contributed by atoms with Crippen LogP contribution in [0.25, 0.3) is 0 Å². The van der Waals surface area contributed by atoms with Gasteiger partial charge < -0.3 is 14.6 Å². The number of ether oxygens (including phenoxy) is 1. The Morgan fingerprint density at radius 1 is 1.38 bits per heavy atom. The molecule has 1 N–H and O–H groups in total. The third kappa shape index (κ3) is 4.05. The lowest BCUT2D eigenvalue weighted by Crippen LogP contribution is -2.37. The number of aromatic nitrogens is 2. The molecule has 0 spiro atoms. The molecule has 7 heteroatoms. The van der Waals surface area contributed by atoms with Crippen molar-refractivity contribution in [2.24, 2.45) is 0 Å². The highest BCUT2D eigenvalue weighted by Gasteiger charge is 2.24. The van der Waals surface area contributed by atoms with Crippen molar-refractivity contribution >= 4 is 5.91 Å². The van der Waals surface area contributed by atoms with E-state index in [0.29, 0.717) is 19.7 Å². The number of H-pyrrole nitrogens is 1. The van der Waals surface area contributed by atoms with Crippen LogP contribution in [0, 0.1) is 5.82 Å². The van der Waals surface area contributed by atoms with E-state index in [1.54, 1.807) is 17.0 Å². The number of rotatable bonds is 5. The molecule has 24 heavy (non-hydrogen) atoms. The minimum Gasteiger partial charge on any atom is -0.376 e. The van der Waals surface area contributed by atoms with Crippen LogP contribution >= 0.6 is 0 Å². The molecule has 2 aromatic rings. The molecule has 1 aromatic carbocycles. The molecule has 126 valence electrons. The van der Waals surface area contributed by atoms with E-state index in [2.05, 4.69) is 9.97 Å². The highest BCUT2D eigenvalue weighted by Crippen LogP contribution is 2.17. The number of hydrogen-bond acceptors (Lipinski definition) is 4. The molecule has 0 saturated carbocycles. The summed E-state index contributed by atoms with van der Waals surface area (Å²) < 4.78 is 18.7.